The Balaban J connectivity index is 1.14. The van der Waals surface area contributed by atoms with E-state index < -0.39 is 0 Å². The van der Waals surface area contributed by atoms with Crippen molar-refractivity contribution >= 4 is 21.5 Å². The van der Waals surface area contributed by atoms with E-state index in [-0.39, 0.29) is 5.41 Å². The molecule has 42 heavy (non-hydrogen) atoms. The largest absolute Gasteiger partial charge is 0.150 e. The monoisotopic (exact) mass is 540 g/mol. The number of rotatable bonds is 2. The molecule has 4 saturated carbocycles. The lowest BCUT2D eigenvalue weighted by Crippen LogP contribution is -2.55. The first-order chi connectivity index (χ1) is 20.8. The van der Waals surface area contributed by atoms with Gasteiger partial charge in [-0.1, -0.05) is 91.0 Å². The van der Waals surface area contributed by atoms with Crippen LogP contribution in [0.5, 0.6) is 0 Å². The minimum absolute atomic E-state index is 0.133. The lowest BCUT2D eigenvalue weighted by molar-refractivity contribution is -0.0399. The van der Waals surface area contributed by atoms with Crippen molar-refractivity contribution in [3.05, 3.63) is 120 Å². The van der Waals surface area contributed by atoms with Gasteiger partial charge in [0.2, 0.25) is 0 Å². The van der Waals surface area contributed by atoms with Crippen LogP contribution in [-0.2, 0) is 5.41 Å². The molecule has 4 bridgehead atoms. The van der Waals surface area contributed by atoms with Crippen molar-refractivity contribution in [2.75, 3.05) is 0 Å². The first kappa shape index (κ1) is 23.3. The Labute approximate surface area is 246 Å². The molecule has 0 saturated heterocycles. The second-order valence-electron chi connectivity index (χ2n) is 13.5. The van der Waals surface area contributed by atoms with Gasteiger partial charge < -0.3 is 0 Å². The summed E-state index contributed by atoms with van der Waals surface area (Å²) in [4.78, 5) is 0. The zero-order valence-corrected chi connectivity index (χ0v) is 23.6. The quantitative estimate of drug-likeness (QED) is 0.218. The van der Waals surface area contributed by atoms with Gasteiger partial charge >= 0.3 is 0 Å². The van der Waals surface area contributed by atoms with Crippen LogP contribution in [0.1, 0.15) is 43.2 Å². The zero-order valence-electron chi connectivity index (χ0n) is 23.6. The van der Waals surface area contributed by atoms with E-state index in [4.69, 9.17) is 10.2 Å². The fourth-order valence-corrected chi connectivity index (χ4v) is 10.2. The molecule has 11 rings (SSSR count). The van der Waals surface area contributed by atoms with Crippen molar-refractivity contribution in [2.45, 2.75) is 37.5 Å². The number of hydrogen-bond donors (Lipinski definition) is 0. The van der Waals surface area contributed by atoms with Gasteiger partial charge in [0.1, 0.15) is 0 Å². The third-order valence-corrected chi connectivity index (χ3v) is 11.6. The summed E-state index contributed by atoms with van der Waals surface area (Å²) in [5, 5.41) is 14.8. The lowest BCUT2D eigenvalue weighted by Gasteiger charge is -2.61. The Morgan fingerprint density at radius 3 is 1.93 bits per heavy atom. The van der Waals surface area contributed by atoms with Crippen LogP contribution in [0.15, 0.2) is 109 Å². The Morgan fingerprint density at radius 1 is 0.500 bits per heavy atom. The number of benzene rings is 5. The standard InChI is InChI=1S/C40H32N2/c1-3-9-31-26(6-1)8-5-11-33(31)38-17-16-37(41-42-38)28-12-14-34-36(23-28)40(29-19-24-18-25(21-29)22-30(40)20-24)35-15-13-27-7-2-4-10-32(27)39(34)35/h1-17,23-25,29-30H,18-22H2. The highest BCUT2D eigenvalue weighted by molar-refractivity contribution is 6.03. The summed E-state index contributed by atoms with van der Waals surface area (Å²) >= 11 is 0. The third kappa shape index (κ3) is 3.00. The van der Waals surface area contributed by atoms with Crippen LogP contribution in [0.25, 0.3) is 55.2 Å². The maximum atomic E-state index is 4.83. The molecule has 0 N–H and O–H groups in total. The minimum Gasteiger partial charge on any atom is -0.150 e. The van der Waals surface area contributed by atoms with Crippen LogP contribution in [0, 0.1) is 23.7 Å². The Bertz CT molecular complexity index is 2020. The summed E-state index contributed by atoms with van der Waals surface area (Å²) in [5.41, 5.74) is 10.5. The highest BCUT2D eigenvalue weighted by atomic mass is 15.1. The molecular weight excluding hydrogens is 508 g/mol. The van der Waals surface area contributed by atoms with Crippen LogP contribution in [-0.4, -0.2) is 10.2 Å². The van der Waals surface area contributed by atoms with E-state index in [1.54, 1.807) is 11.1 Å². The van der Waals surface area contributed by atoms with Crippen molar-refractivity contribution in [2.24, 2.45) is 23.7 Å². The van der Waals surface area contributed by atoms with Crippen molar-refractivity contribution in [1.82, 2.24) is 10.2 Å². The molecule has 2 heteroatoms. The van der Waals surface area contributed by atoms with Gasteiger partial charge in [-0.2, -0.15) is 0 Å². The first-order valence-electron chi connectivity index (χ1n) is 15.8. The summed E-state index contributed by atoms with van der Waals surface area (Å²) in [5.74, 6) is 3.35. The van der Waals surface area contributed by atoms with Gasteiger partial charge in [-0.25, -0.2) is 0 Å². The van der Waals surface area contributed by atoms with Crippen molar-refractivity contribution in [3.63, 3.8) is 0 Å². The van der Waals surface area contributed by atoms with Crippen LogP contribution in [0.3, 0.4) is 0 Å². The molecule has 4 fully saturated rings. The second kappa shape index (κ2) is 8.38. The summed E-state index contributed by atoms with van der Waals surface area (Å²) in [6, 6.07) is 40.4. The Morgan fingerprint density at radius 2 is 1.17 bits per heavy atom. The molecule has 1 heterocycles. The second-order valence-corrected chi connectivity index (χ2v) is 13.5. The molecule has 5 aliphatic rings. The average molecular weight is 541 g/mol. The van der Waals surface area contributed by atoms with Gasteiger partial charge in [0.25, 0.3) is 0 Å². The van der Waals surface area contributed by atoms with Gasteiger partial charge in [0.05, 0.1) is 11.4 Å². The maximum Gasteiger partial charge on any atom is 0.0936 e. The molecule has 5 aliphatic carbocycles. The summed E-state index contributed by atoms with van der Waals surface area (Å²) in [6.45, 7) is 0. The maximum absolute atomic E-state index is 4.83. The molecule has 0 aliphatic heterocycles. The van der Waals surface area contributed by atoms with Gasteiger partial charge in [-0.05, 0) is 118 Å². The van der Waals surface area contributed by atoms with Crippen molar-refractivity contribution < 1.29 is 0 Å². The predicted molar refractivity (Wildman–Crippen MR) is 171 cm³/mol. The molecule has 1 spiro atoms. The van der Waals surface area contributed by atoms with E-state index >= 15 is 0 Å². The predicted octanol–water partition coefficient (Wildman–Crippen LogP) is 9.84. The molecular formula is C40H32N2. The van der Waals surface area contributed by atoms with E-state index in [9.17, 15) is 0 Å². The molecule has 2 nitrogen and oxygen atoms in total. The zero-order chi connectivity index (χ0) is 27.4. The molecule has 0 amide bonds. The van der Waals surface area contributed by atoms with E-state index in [0.717, 1.165) is 40.6 Å². The van der Waals surface area contributed by atoms with E-state index in [1.165, 1.54) is 70.3 Å². The van der Waals surface area contributed by atoms with Crippen LogP contribution in [0.2, 0.25) is 0 Å². The van der Waals surface area contributed by atoms with Crippen LogP contribution < -0.4 is 0 Å². The van der Waals surface area contributed by atoms with Gasteiger partial charge in [0, 0.05) is 16.5 Å². The Kier molecular flexibility index (Phi) is 4.65. The fraction of sp³-hybridized carbons (Fsp3) is 0.250. The molecule has 0 atom stereocenters. The third-order valence-electron chi connectivity index (χ3n) is 11.6. The molecule has 6 aromatic rings. The van der Waals surface area contributed by atoms with Crippen molar-refractivity contribution in [1.29, 1.82) is 0 Å². The molecule has 5 aromatic carbocycles. The van der Waals surface area contributed by atoms with Crippen LogP contribution in [0.4, 0.5) is 0 Å². The lowest BCUT2D eigenvalue weighted by atomic mass is 9.43. The molecule has 1 aromatic heterocycles. The highest BCUT2D eigenvalue weighted by Gasteiger charge is 2.61. The number of nitrogens with zero attached hydrogens (tertiary/aromatic N) is 2. The summed E-state index contributed by atoms with van der Waals surface area (Å²) < 4.78 is 0. The topological polar surface area (TPSA) is 25.8 Å². The molecule has 202 valence electrons. The highest BCUT2D eigenvalue weighted by Crippen LogP contribution is 2.70. The summed E-state index contributed by atoms with van der Waals surface area (Å²) in [6.07, 6.45) is 7.04. The van der Waals surface area contributed by atoms with E-state index in [1.807, 2.05) is 0 Å². The van der Waals surface area contributed by atoms with Crippen LogP contribution >= 0.6 is 0 Å². The fourth-order valence-electron chi connectivity index (χ4n) is 10.2. The Hall–Kier alpha value is -4.30. The van der Waals surface area contributed by atoms with Gasteiger partial charge in [-0.3, -0.25) is 0 Å². The van der Waals surface area contributed by atoms with Crippen molar-refractivity contribution in [3.8, 4) is 33.6 Å². The smallest absolute Gasteiger partial charge is 0.0936 e. The van der Waals surface area contributed by atoms with Gasteiger partial charge in [-0.15, -0.1) is 10.2 Å². The van der Waals surface area contributed by atoms with E-state index in [0.29, 0.717) is 0 Å². The molecule has 0 unspecified atom stereocenters. The minimum atomic E-state index is 0.133. The number of hydrogen-bond acceptors (Lipinski definition) is 2. The van der Waals surface area contributed by atoms with E-state index in [2.05, 4.69) is 109 Å². The SMILES string of the molecule is c1ccc2c(-c3ccc(-c4ccc5c(c4)C4(c6ccc7ccccc7c6-5)C5CC6CC(C5)CC4C6)nn3)cccc2c1. The normalized spacial score (nSPS) is 26.7. The summed E-state index contributed by atoms with van der Waals surface area (Å²) in [7, 11) is 0. The number of fused-ring (bicyclic) bond motifs is 6. The average Bonchev–Trinajstić information content (AvgIpc) is 3.34. The van der Waals surface area contributed by atoms with Gasteiger partial charge in [0.15, 0.2) is 0 Å². The molecule has 0 radical (unpaired) electrons. The number of aromatic nitrogens is 2. The first-order valence-corrected chi connectivity index (χ1v) is 15.8.